The standard InChI is InChI=1S/3C3H8NO10P3.3Na.3H/c3*5-15(6)10-1-4-2-11-17(9,12-3-4)14-16(7,8)13-15;;;;;;/h3*1-3H2,(H,5,6)(H,7,8);;;;;;/q;;;3*+1;3*-1. The first-order valence-corrected chi connectivity index (χ1v) is 25.5. The fraction of sp³-hybridized carbons (Fsp3) is 1.00. The molecule has 9 rings (SSSR count). The summed E-state index contributed by atoms with van der Waals surface area (Å²) in [5.41, 5.74) is 0. The first-order valence-electron chi connectivity index (χ1n) is 12.1. The molecule has 9 fully saturated rings. The van der Waals surface area contributed by atoms with E-state index in [1.165, 1.54) is 14.7 Å². The number of phosphoric acid groups is 9. The summed E-state index contributed by atoms with van der Waals surface area (Å²) >= 11 is 0. The molecule has 45 heteroatoms. The van der Waals surface area contributed by atoms with E-state index >= 15 is 0 Å². The van der Waals surface area contributed by atoms with E-state index in [0.717, 1.165) is 0 Å². The molecule has 54 heavy (non-hydrogen) atoms. The molecule has 9 saturated heterocycles. The van der Waals surface area contributed by atoms with Crippen LogP contribution < -0.4 is 88.7 Å². The topological polar surface area (TPSA) is 423 Å². The van der Waals surface area contributed by atoms with E-state index in [2.05, 4.69) is 66.6 Å². The fourth-order valence-electron chi connectivity index (χ4n) is 2.85. The molecule has 0 spiro atoms. The summed E-state index contributed by atoms with van der Waals surface area (Å²) < 4.78 is 166. The Bertz CT molecular complexity index is 1540. The largest absolute Gasteiger partial charge is 1.00 e. The summed E-state index contributed by atoms with van der Waals surface area (Å²) in [5, 5.41) is 0. The number of fused-ring (bicyclic) bond motifs is 21. The first kappa shape index (κ1) is 56.1. The van der Waals surface area contributed by atoms with Gasteiger partial charge in [-0.05, 0) is 0 Å². The maximum atomic E-state index is 11.6. The van der Waals surface area contributed by atoms with Gasteiger partial charge in [0.05, 0.1) is 0 Å². The molecule has 0 amide bonds. The van der Waals surface area contributed by atoms with Crippen LogP contribution in [0.4, 0.5) is 0 Å². The molecule has 6 bridgehead atoms. The zero-order valence-electron chi connectivity index (χ0n) is 30.2. The molecule has 0 aliphatic carbocycles. The van der Waals surface area contributed by atoms with Crippen molar-refractivity contribution in [2.75, 3.05) is 60.6 Å². The van der Waals surface area contributed by atoms with Gasteiger partial charge in [0, 0.05) is 0 Å². The number of phosphoric ester groups is 6. The second-order valence-electron chi connectivity index (χ2n) is 8.98. The summed E-state index contributed by atoms with van der Waals surface area (Å²) in [6, 6.07) is 0. The average Bonchev–Trinajstić information content (AvgIpc) is 2.93. The normalized spacial score (nSPS) is 49.3. The van der Waals surface area contributed by atoms with Crippen molar-refractivity contribution in [1.29, 1.82) is 0 Å². The maximum Gasteiger partial charge on any atom is 1.00 e. The third kappa shape index (κ3) is 19.2. The van der Waals surface area contributed by atoms with E-state index in [1.807, 2.05) is 0 Å². The first-order chi connectivity index (χ1) is 23.1. The molecule has 33 nitrogen and oxygen atoms in total. The van der Waals surface area contributed by atoms with Crippen LogP contribution in [0, 0.1) is 0 Å². The van der Waals surface area contributed by atoms with Gasteiger partial charge in [-0.25, -0.2) is 55.8 Å². The molecule has 9 aliphatic rings. The van der Waals surface area contributed by atoms with Crippen LogP contribution in [0.5, 0.6) is 0 Å². The van der Waals surface area contributed by atoms with Gasteiger partial charge in [0.2, 0.25) is 0 Å². The van der Waals surface area contributed by atoms with E-state index in [4.69, 9.17) is 29.4 Å². The third-order valence-electron chi connectivity index (χ3n) is 4.83. The Morgan fingerprint density at radius 2 is 0.463 bits per heavy atom. The van der Waals surface area contributed by atoms with E-state index in [-0.39, 0.29) is 133 Å². The molecule has 6 N–H and O–H groups in total. The number of hydrogen-bond donors (Lipinski definition) is 6. The van der Waals surface area contributed by atoms with E-state index in [0.29, 0.717) is 0 Å². The van der Waals surface area contributed by atoms with Crippen molar-refractivity contribution in [3.05, 3.63) is 0 Å². The molecule has 9 aliphatic heterocycles. The Morgan fingerprint density at radius 3 is 0.648 bits per heavy atom. The van der Waals surface area contributed by atoms with Crippen LogP contribution in [0.15, 0.2) is 0 Å². The van der Waals surface area contributed by atoms with Gasteiger partial charge in [-0.15, -0.1) is 0 Å². The Labute approximate surface area is 372 Å². The monoisotopic (exact) mass is 1000 g/mol. The van der Waals surface area contributed by atoms with Gasteiger partial charge in [0.15, 0.2) is 0 Å². The predicted molar refractivity (Wildman–Crippen MR) is 151 cm³/mol. The molecule has 306 valence electrons. The number of nitrogens with zero attached hydrogens (tertiary/aromatic N) is 3. The molecule has 0 aromatic heterocycles. The zero-order chi connectivity index (χ0) is 38.2. The van der Waals surface area contributed by atoms with Crippen molar-refractivity contribution < 1.29 is 230 Å². The van der Waals surface area contributed by atoms with Crippen molar-refractivity contribution in [3.63, 3.8) is 0 Å². The molecule has 9 heterocycles. The smallest absolute Gasteiger partial charge is 1.00 e. The van der Waals surface area contributed by atoms with Crippen LogP contribution in [0.2, 0.25) is 0 Å². The van der Waals surface area contributed by atoms with Crippen molar-refractivity contribution >= 4 is 70.4 Å². The van der Waals surface area contributed by atoms with E-state index in [9.17, 15) is 41.1 Å². The minimum atomic E-state index is -5.11. The Balaban J connectivity index is -0.000000729. The van der Waals surface area contributed by atoms with Gasteiger partial charge in [-0.1, -0.05) is 0 Å². The summed E-state index contributed by atoms with van der Waals surface area (Å²) in [4.78, 5) is 57.9. The number of hydrogen-bond acceptors (Lipinski definition) is 27. The van der Waals surface area contributed by atoms with Gasteiger partial charge in [-0.2, -0.15) is 25.9 Å². The maximum absolute atomic E-state index is 11.6. The van der Waals surface area contributed by atoms with Gasteiger partial charge in [0.25, 0.3) is 0 Å². The third-order valence-corrected chi connectivity index (χ3v) is 18.6. The second-order valence-corrected chi connectivity index (χ2v) is 23.5. The summed E-state index contributed by atoms with van der Waals surface area (Å²) in [6.07, 6.45) is 0. The minimum Gasteiger partial charge on any atom is -1.00 e. The zero-order valence-corrected chi connectivity index (χ0v) is 41.3. The molecular formula is C9H27N3Na3O30P9. The van der Waals surface area contributed by atoms with E-state index in [1.54, 1.807) is 0 Å². The second kappa shape index (κ2) is 21.7. The van der Waals surface area contributed by atoms with Crippen LogP contribution >= 0.6 is 70.4 Å². The summed E-state index contributed by atoms with van der Waals surface area (Å²) in [5.74, 6) is 0. The molecule has 0 aromatic rings. The Hall–Kier alpha value is 4.11. The van der Waals surface area contributed by atoms with Crippen molar-refractivity contribution in [2.24, 2.45) is 0 Å². The minimum absolute atomic E-state index is 0. The molecule has 0 aromatic carbocycles. The Morgan fingerprint density at radius 1 is 0.296 bits per heavy atom. The Kier molecular flexibility index (Phi) is 22.5. The van der Waals surface area contributed by atoms with Crippen molar-refractivity contribution in [2.45, 2.75) is 0 Å². The van der Waals surface area contributed by atoms with Crippen LogP contribution in [0.3, 0.4) is 0 Å². The molecule has 0 radical (unpaired) electrons. The molecule has 0 saturated carbocycles. The van der Waals surface area contributed by atoms with Crippen LogP contribution in [0.25, 0.3) is 0 Å². The average molecular weight is 1010 g/mol. The van der Waals surface area contributed by atoms with Gasteiger partial charge < -0.3 is 33.6 Å². The van der Waals surface area contributed by atoms with Gasteiger partial charge in [-0.3, -0.25) is 40.7 Å². The van der Waals surface area contributed by atoms with Crippen molar-refractivity contribution in [3.8, 4) is 0 Å². The predicted octanol–water partition coefficient (Wildman–Crippen LogP) is -6.91. The molecule has 6 unspecified atom stereocenters. The van der Waals surface area contributed by atoms with Crippen molar-refractivity contribution in [1.82, 2.24) is 14.7 Å². The molecular weight excluding hydrogens is 978 g/mol. The quantitative estimate of drug-likeness (QED) is 0.0970. The summed E-state index contributed by atoms with van der Waals surface area (Å²) in [7, 11) is -42.6. The van der Waals surface area contributed by atoms with Crippen LogP contribution in [-0.2, 0) is 108 Å². The van der Waals surface area contributed by atoms with Crippen LogP contribution in [0.1, 0.15) is 4.28 Å². The summed E-state index contributed by atoms with van der Waals surface area (Å²) in [6.45, 7) is -3.37. The van der Waals surface area contributed by atoms with Gasteiger partial charge in [0.1, 0.15) is 60.6 Å². The van der Waals surface area contributed by atoms with E-state index < -0.39 is 90.6 Å². The van der Waals surface area contributed by atoms with Gasteiger partial charge >= 0.3 is 159 Å². The fourth-order valence-corrected chi connectivity index (χ4v) is 14.9. The SMILES string of the molecule is O=P1(O)OCN2COP(=O)(OC2)OP(=O)(O)O1.O=P1(O)OCN2COP(=O)(OC2)OP(=O)(O)O1.O=P1(O)OCN2COP(=O)(OC2)OP(=O)(O)O1.[H-].[H-].[H-].[Na+].[Na+].[Na+]. The van der Waals surface area contributed by atoms with Crippen LogP contribution in [-0.4, -0.2) is 105 Å². The molecule has 6 atom stereocenters. The number of rotatable bonds is 0.